The Morgan fingerprint density at radius 3 is 2.94 bits per heavy atom. The Bertz CT molecular complexity index is 1250. The Morgan fingerprint density at radius 1 is 1.35 bits per heavy atom. The fourth-order valence-electron chi connectivity index (χ4n) is 4.09. The van der Waals surface area contributed by atoms with Crippen molar-refractivity contribution in [1.29, 1.82) is 0 Å². The molecule has 0 aliphatic heterocycles. The maximum atomic E-state index is 12.9. The van der Waals surface area contributed by atoms with Crippen molar-refractivity contribution in [2.75, 3.05) is 25.2 Å². The number of pyridine rings is 2. The summed E-state index contributed by atoms with van der Waals surface area (Å²) in [6, 6.07) is 4.24. The number of aromatic nitrogens is 4. The summed E-state index contributed by atoms with van der Waals surface area (Å²) in [5.74, 6) is 1.02. The molecular weight excluding hydrogens is 430 g/mol. The lowest BCUT2D eigenvalue weighted by molar-refractivity contribution is 0.199. The molecule has 9 heteroatoms. The van der Waals surface area contributed by atoms with Crippen molar-refractivity contribution in [3.05, 3.63) is 30.1 Å². The molecule has 0 aromatic carbocycles. The second-order valence-electron chi connectivity index (χ2n) is 8.04. The Kier molecular flexibility index (Phi) is 5.60. The summed E-state index contributed by atoms with van der Waals surface area (Å²) in [5.41, 5.74) is 11.0. The minimum Gasteiger partial charge on any atom is -0.611 e. The molecule has 1 atom stereocenters. The van der Waals surface area contributed by atoms with Crippen LogP contribution in [0.2, 0.25) is 0 Å². The zero-order chi connectivity index (χ0) is 21.5. The number of nitrogen functional groups attached to an aromatic ring is 1. The standard InChI is InChI=1S/C22H25N5O2S2/c1-27-12-15-9-14(11-24-20(15)26-27)17-10-16(13-5-3-6-13)18-19(23)22(30-21(18)25-17)31(28)8-4-7-29-2/h9-13H,3-8,23H2,1-2H3/t31-/m1/s1. The van der Waals surface area contributed by atoms with E-state index in [1.165, 1.54) is 23.3 Å². The molecule has 31 heavy (non-hydrogen) atoms. The van der Waals surface area contributed by atoms with Crippen LogP contribution in [-0.4, -0.2) is 43.8 Å². The predicted octanol–water partition coefficient (Wildman–Crippen LogP) is 4.24. The number of nitrogens with two attached hydrogens (primary N) is 1. The highest BCUT2D eigenvalue weighted by molar-refractivity contribution is 7.93. The molecule has 0 radical (unpaired) electrons. The molecule has 4 aromatic heterocycles. The van der Waals surface area contributed by atoms with E-state index in [-0.39, 0.29) is 0 Å². The van der Waals surface area contributed by atoms with Crippen molar-refractivity contribution >= 4 is 49.5 Å². The molecule has 0 amide bonds. The molecule has 1 aliphatic rings. The highest BCUT2D eigenvalue weighted by atomic mass is 32.2. The maximum absolute atomic E-state index is 12.9. The molecule has 7 nitrogen and oxygen atoms in total. The zero-order valence-electron chi connectivity index (χ0n) is 17.6. The molecule has 0 saturated heterocycles. The molecule has 5 rings (SSSR count). The summed E-state index contributed by atoms with van der Waals surface area (Å²) in [5, 5.41) is 6.33. The predicted molar refractivity (Wildman–Crippen MR) is 126 cm³/mol. The molecule has 4 heterocycles. The summed E-state index contributed by atoms with van der Waals surface area (Å²) in [4.78, 5) is 10.3. The van der Waals surface area contributed by atoms with Gasteiger partial charge in [-0.1, -0.05) is 17.8 Å². The van der Waals surface area contributed by atoms with E-state index in [1.807, 2.05) is 19.4 Å². The molecule has 1 saturated carbocycles. The molecule has 4 aromatic rings. The van der Waals surface area contributed by atoms with Crippen LogP contribution >= 0.6 is 11.3 Å². The van der Waals surface area contributed by atoms with Crippen molar-refractivity contribution in [3.8, 4) is 11.3 Å². The number of fused-ring (bicyclic) bond motifs is 2. The summed E-state index contributed by atoms with van der Waals surface area (Å²) < 4.78 is 20.5. The van der Waals surface area contributed by atoms with Gasteiger partial charge in [-0.05, 0) is 47.6 Å². The van der Waals surface area contributed by atoms with E-state index in [0.717, 1.165) is 56.0 Å². The number of methoxy groups -OCH3 is 1. The Morgan fingerprint density at radius 2 is 2.19 bits per heavy atom. The third kappa shape index (κ3) is 3.80. The minimum atomic E-state index is -1.15. The molecule has 0 spiro atoms. The van der Waals surface area contributed by atoms with Gasteiger partial charge in [-0.3, -0.25) is 4.68 Å². The highest BCUT2D eigenvalue weighted by Gasteiger charge is 2.29. The third-order valence-electron chi connectivity index (χ3n) is 5.89. The Hall–Kier alpha value is -2.20. The fraction of sp³-hybridized carbons (Fsp3) is 0.409. The Labute approximate surface area is 187 Å². The van der Waals surface area contributed by atoms with Crippen LogP contribution in [-0.2, 0) is 23.0 Å². The van der Waals surface area contributed by atoms with Crippen LogP contribution in [0.25, 0.3) is 32.5 Å². The second kappa shape index (κ2) is 8.38. The topological polar surface area (TPSA) is 102 Å². The summed E-state index contributed by atoms with van der Waals surface area (Å²) >= 11 is 0.307. The first-order valence-corrected chi connectivity index (χ1v) is 12.6. The highest BCUT2D eigenvalue weighted by Crippen LogP contribution is 2.46. The van der Waals surface area contributed by atoms with Crippen LogP contribution in [0, 0.1) is 0 Å². The molecule has 1 fully saturated rings. The van der Waals surface area contributed by atoms with Gasteiger partial charge in [-0.15, -0.1) is 0 Å². The average molecular weight is 456 g/mol. The zero-order valence-corrected chi connectivity index (χ0v) is 19.3. The normalized spacial score (nSPS) is 15.6. The van der Waals surface area contributed by atoms with Gasteiger partial charge in [0.05, 0.1) is 12.3 Å². The van der Waals surface area contributed by atoms with Crippen molar-refractivity contribution in [2.24, 2.45) is 7.05 Å². The van der Waals surface area contributed by atoms with Crippen molar-refractivity contribution in [3.63, 3.8) is 0 Å². The van der Waals surface area contributed by atoms with Crippen LogP contribution < -0.4 is 5.73 Å². The summed E-state index contributed by atoms with van der Waals surface area (Å²) in [7, 11) is 3.55. The monoisotopic (exact) mass is 455 g/mol. The van der Waals surface area contributed by atoms with Crippen LogP contribution in [0.3, 0.4) is 0 Å². The van der Waals surface area contributed by atoms with Gasteiger partial charge in [-0.25, -0.2) is 9.97 Å². The second-order valence-corrected chi connectivity index (χ2v) is 10.8. The molecule has 0 unspecified atom stereocenters. The van der Waals surface area contributed by atoms with Crippen LogP contribution in [0.5, 0.6) is 0 Å². The quantitative estimate of drug-likeness (QED) is 0.330. The van der Waals surface area contributed by atoms with Gasteiger partial charge in [0.15, 0.2) is 5.65 Å². The number of anilines is 1. The van der Waals surface area contributed by atoms with E-state index in [4.69, 9.17) is 15.5 Å². The molecule has 0 bridgehead atoms. The number of ether oxygens (including phenoxy) is 1. The van der Waals surface area contributed by atoms with Gasteiger partial charge < -0.3 is 15.0 Å². The smallest absolute Gasteiger partial charge is 0.232 e. The van der Waals surface area contributed by atoms with Gasteiger partial charge in [0, 0.05) is 49.3 Å². The number of hydrogen-bond donors (Lipinski definition) is 1. The Balaban J connectivity index is 1.61. The van der Waals surface area contributed by atoms with E-state index >= 15 is 0 Å². The first-order chi connectivity index (χ1) is 15.0. The molecule has 162 valence electrons. The van der Waals surface area contributed by atoms with Crippen LogP contribution in [0.4, 0.5) is 5.69 Å². The van der Waals surface area contributed by atoms with E-state index in [0.29, 0.717) is 24.0 Å². The van der Waals surface area contributed by atoms with Crippen molar-refractivity contribution in [1.82, 2.24) is 19.7 Å². The van der Waals surface area contributed by atoms with Gasteiger partial charge in [-0.2, -0.15) is 5.10 Å². The first kappa shape index (κ1) is 20.7. The lowest BCUT2D eigenvalue weighted by atomic mass is 9.79. The van der Waals surface area contributed by atoms with Crippen LogP contribution in [0.1, 0.15) is 37.2 Å². The molecular formula is C22H25N5O2S2. The minimum absolute atomic E-state index is 0.478. The van der Waals surface area contributed by atoms with E-state index in [1.54, 1.807) is 11.8 Å². The van der Waals surface area contributed by atoms with E-state index in [2.05, 4.69) is 22.2 Å². The van der Waals surface area contributed by atoms with Gasteiger partial charge in [0.2, 0.25) is 4.21 Å². The fourth-order valence-corrected chi connectivity index (χ4v) is 6.72. The number of nitrogens with zero attached hydrogens (tertiary/aromatic N) is 4. The maximum Gasteiger partial charge on any atom is 0.232 e. The average Bonchev–Trinajstić information content (AvgIpc) is 3.25. The lowest BCUT2D eigenvalue weighted by Crippen LogP contribution is -2.11. The van der Waals surface area contributed by atoms with Crippen LogP contribution in [0.15, 0.2) is 28.7 Å². The number of aryl methyl sites for hydroxylation is 1. The lowest BCUT2D eigenvalue weighted by Gasteiger charge is -2.27. The van der Waals surface area contributed by atoms with E-state index < -0.39 is 11.2 Å². The van der Waals surface area contributed by atoms with Crippen molar-refractivity contribution in [2.45, 2.75) is 35.8 Å². The number of rotatable bonds is 7. The van der Waals surface area contributed by atoms with Gasteiger partial charge >= 0.3 is 0 Å². The number of thiophene rings is 1. The number of hydrogen-bond acceptors (Lipinski definition) is 7. The molecule has 1 aliphatic carbocycles. The summed E-state index contributed by atoms with van der Waals surface area (Å²) in [6.45, 7) is 0.593. The van der Waals surface area contributed by atoms with Crippen molar-refractivity contribution < 1.29 is 9.29 Å². The van der Waals surface area contributed by atoms with E-state index in [9.17, 15) is 4.55 Å². The summed E-state index contributed by atoms with van der Waals surface area (Å²) in [6.07, 6.45) is 8.06. The third-order valence-corrected chi connectivity index (χ3v) is 8.89. The largest absolute Gasteiger partial charge is 0.611 e. The van der Waals surface area contributed by atoms with Gasteiger partial charge in [0.1, 0.15) is 16.3 Å². The molecule has 2 N–H and O–H groups in total. The SMILES string of the molecule is COCCC[S@@+]([O-])c1sc2nc(-c3cnc4nn(C)cc4c3)cc(C3CCC3)c2c1N. The van der Waals surface area contributed by atoms with Gasteiger partial charge in [0.25, 0.3) is 0 Å². The first-order valence-electron chi connectivity index (χ1n) is 10.4.